The predicted molar refractivity (Wildman–Crippen MR) is 77.0 cm³/mol. The van der Waals surface area contributed by atoms with Crippen molar-refractivity contribution in [1.82, 2.24) is 9.55 Å². The maximum atomic E-state index is 11.0. The monoisotopic (exact) mass is 316 g/mol. The van der Waals surface area contributed by atoms with E-state index >= 15 is 0 Å². The maximum absolute atomic E-state index is 11.0. The van der Waals surface area contributed by atoms with Gasteiger partial charge < -0.3 is 9.67 Å². The molecule has 0 spiro atoms. The van der Waals surface area contributed by atoms with Gasteiger partial charge in [-0.2, -0.15) is 0 Å². The first-order chi connectivity index (χ1) is 9.06. The Morgan fingerprint density at radius 1 is 1.47 bits per heavy atom. The number of carbonyl (C=O) groups is 1. The molecule has 1 atom stereocenters. The lowest BCUT2D eigenvalue weighted by Crippen LogP contribution is -2.07. The fourth-order valence-electron chi connectivity index (χ4n) is 1.67. The summed E-state index contributed by atoms with van der Waals surface area (Å²) in [6.45, 7) is 0.471. The lowest BCUT2D eigenvalue weighted by molar-refractivity contribution is 0.222. The van der Waals surface area contributed by atoms with E-state index in [-0.39, 0.29) is 5.25 Å². The minimum absolute atomic E-state index is 0.309. The molecule has 0 bridgehead atoms. The van der Waals surface area contributed by atoms with E-state index in [9.17, 15) is 4.79 Å². The zero-order chi connectivity index (χ0) is 13.8. The maximum Gasteiger partial charge on any atom is 0.365 e. The molecule has 0 aliphatic rings. The van der Waals surface area contributed by atoms with Crippen molar-refractivity contribution in [1.29, 1.82) is 0 Å². The van der Waals surface area contributed by atoms with E-state index < -0.39 is 5.30 Å². The summed E-state index contributed by atoms with van der Waals surface area (Å²) in [7, 11) is 0. The molecule has 0 saturated heterocycles. The number of thioether (sulfide) groups is 1. The van der Waals surface area contributed by atoms with Gasteiger partial charge in [-0.15, -0.1) is 0 Å². The van der Waals surface area contributed by atoms with E-state index in [1.54, 1.807) is 36.9 Å². The van der Waals surface area contributed by atoms with Crippen molar-refractivity contribution in [2.24, 2.45) is 0 Å². The Morgan fingerprint density at radius 3 is 2.84 bits per heavy atom. The molecule has 4 nitrogen and oxygen atoms in total. The van der Waals surface area contributed by atoms with E-state index in [1.807, 2.05) is 4.57 Å². The Kier molecular flexibility index (Phi) is 4.74. The molecule has 0 unspecified atom stereocenters. The van der Waals surface area contributed by atoms with Crippen LogP contribution < -0.4 is 0 Å². The van der Waals surface area contributed by atoms with E-state index in [1.165, 1.54) is 0 Å². The standard InChI is InChI=1S/C12H10Cl2N2O2S/c13-8-1-2-9(10(14)5-8)11(19-12(17)18)6-16-4-3-15-7-16/h1-5,7,11H,6H2,(H,17,18)/t11-/m0/s1. The summed E-state index contributed by atoms with van der Waals surface area (Å²) in [5.41, 5.74) is 0.743. The second-order valence-electron chi connectivity index (χ2n) is 3.80. The lowest BCUT2D eigenvalue weighted by Gasteiger charge is -2.16. The van der Waals surface area contributed by atoms with Crippen molar-refractivity contribution in [2.75, 3.05) is 0 Å². The van der Waals surface area contributed by atoms with Gasteiger partial charge in [-0.05, 0) is 29.5 Å². The van der Waals surface area contributed by atoms with E-state index in [0.29, 0.717) is 16.6 Å². The summed E-state index contributed by atoms with van der Waals surface area (Å²) in [5.74, 6) is 0. The Balaban J connectivity index is 2.28. The molecule has 0 fully saturated rings. The van der Waals surface area contributed by atoms with Crippen LogP contribution in [0.5, 0.6) is 0 Å². The van der Waals surface area contributed by atoms with Crippen LogP contribution in [-0.2, 0) is 6.54 Å². The summed E-state index contributed by atoms with van der Waals surface area (Å²) in [4.78, 5) is 14.9. The van der Waals surface area contributed by atoms with E-state index in [4.69, 9.17) is 28.3 Å². The molecule has 0 saturated carbocycles. The highest BCUT2D eigenvalue weighted by Gasteiger charge is 2.19. The average molecular weight is 317 g/mol. The molecule has 0 amide bonds. The molecule has 19 heavy (non-hydrogen) atoms. The van der Waals surface area contributed by atoms with Gasteiger partial charge in [-0.3, -0.25) is 0 Å². The van der Waals surface area contributed by atoms with E-state index in [0.717, 1.165) is 17.3 Å². The normalized spacial score (nSPS) is 12.3. The number of halogens is 2. The Hall–Kier alpha value is -1.17. The van der Waals surface area contributed by atoms with Gasteiger partial charge in [0, 0.05) is 29.0 Å². The van der Waals surface area contributed by atoms with Crippen LogP contribution in [0.25, 0.3) is 0 Å². The summed E-state index contributed by atoms with van der Waals surface area (Å²) in [5, 5.41) is 8.72. The molecule has 1 aromatic heterocycles. The first-order valence-electron chi connectivity index (χ1n) is 5.36. The largest absolute Gasteiger partial charge is 0.473 e. The molecule has 7 heteroatoms. The number of carboxylic acid groups (broad SMARTS) is 1. The van der Waals surface area contributed by atoms with Gasteiger partial charge in [0.05, 0.1) is 11.6 Å². The average Bonchev–Trinajstić information content (AvgIpc) is 2.80. The zero-order valence-corrected chi connectivity index (χ0v) is 12.0. The van der Waals surface area contributed by atoms with Crippen LogP contribution in [0.2, 0.25) is 10.0 Å². The van der Waals surface area contributed by atoms with Crippen molar-refractivity contribution in [3.8, 4) is 0 Å². The van der Waals surface area contributed by atoms with Gasteiger partial charge in [0.1, 0.15) is 0 Å². The van der Waals surface area contributed by atoms with Gasteiger partial charge >= 0.3 is 5.30 Å². The number of aromatic nitrogens is 2. The van der Waals surface area contributed by atoms with Crippen LogP contribution in [0, 0.1) is 0 Å². The molecular weight excluding hydrogens is 307 g/mol. The fraction of sp³-hybridized carbons (Fsp3) is 0.167. The van der Waals surface area contributed by atoms with Crippen LogP contribution in [0.1, 0.15) is 10.8 Å². The van der Waals surface area contributed by atoms with E-state index in [2.05, 4.69) is 4.98 Å². The molecule has 0 radical (unpaired) electrons. The highest BCUT2D eigenvalue weighted by atomic mass is 35.5. The van der Waals surface area contributed by atoms with Crippen molar-refractivity contribution in [3.63, 3.8) is 0 Å². The minimum atomic E-state index is -0.948. The second kappa shape index (κ2) is 6.32. The SMILES string of the molecule is O=C(O)S[C@@H](Cn1ccnc1)c1ccc(Cl)cc1Cl. The number of benzene rings is 1. The summed E-state index contributed by atoms with van der Waals surface area (Å²) < 4.78 is 1.81. The minimum Gasteiger partial charge on any atom is -0.473 e. The first kappa shape index (κ1) is 14.2. The van der Waals surface area contributed by atoms with Gasteiger partial charge in [0.15, 0.2) is 0 Å². The van der Waals surface area contributed by atoms with Crippen LogP contribution in [-0.4, -0.2) is 20.0 Å². The topological polar surface area (TPSA) is 55.1 Å². The number of hydrogen-bond donors (Lipinski definition) is 1. The summed E-state index contributed by atoms with van der Waals surface area (Å²) in [6.07, 6.45) is 5.06. The fourth-order valence-corrected chi connectivity index (χ4v) is 3.10. The third-order valence-corrected chi connectivity index (χ3v) is 3.94. The molecule has 1 N–H and O–H groups in total. The van der Waals surface area contributed by atoms with Crippen LogP contribution in [0.3, 0.4) is 0 Å². The van der Waals surface area contributed by atoms with Crippen LogP contribution >= 0.6 is 35.0 Å². The van der Waals surface area contributed by atoms with Crippen LogP contribution in [0.15, 0.2) is 36.9 Å². The molecule has 2 rings (SSSR count). The Labute approximate surface area is 124 Å². The third-order valence-electron chi connectivity index (χ3n) is 2.49. The number of nitrogens with zero attached hydrogens (tertiary/aromatic N) is 2. The summed E-state index contributed by atoms with van der Waals surface area (Å²) in [6, 6.07) is 5.07. The van der Waals surface area contributed by atoms with Gasteiger partial charge in [0.25, 0.3) is 0 Å². The van der Waals surface area contributed by atoms with Crippen molar-refractivity contribution >= 4 is 40.3 Å². The molecule has 0 aliphatic carbocycles. The van der Waals surface area contributed by atoms with Gasteiger partial charge in [0.2, 0.25) is 0 Å². The van der Waals surface area contributed by atoms with Gasteiger partial charge in [-0.1, -0.05) is 29.3 Å². The van der Waals surface area contributed by atoms with Gasteiger partial charge in [-0.25, -0.2) is 9.78 Å². The second-order valence-corrected chi connectivity index (χ2v) is 5.80. The molecule has 1 aromatic carbocycles. The Bertz CT molecular complexity index is 575. The first-order valence-corrected chi connectivity index (χ1v) is 7.00. The Morgan fingerprint density at radius 2 is 2.26 bits per heavy atom. The number of hydrogen-bond acceptors (Lipinski definition) is 3. The van der Waals surface area contributed by atoms with Crippen molar-refractivity contribution in [3.05, 3.63) is 52.5 Å². The van der Waals surface area contributed by atoms with Crippen molar-refractivity contribution < 1.29 is 9.90 Å². The zero-order valence-electron chi connectivity index (χ0n) is 9.66. The number of rotatable bonds is 4. The molecule has 1 heterocycles. The smallest absolute Gasteiger partial charge is 0.365 e. The predicted octanol–water partition coefficient (Wildman–Crippen LogP) is 4.34. The van der Waals surface area contributed by atoms with Crippen LogP contribution in [0.4, 0.5) is 4.79 Å². The molecular formula is C12H10Cl2N2O2S. The number of imidazole rings is 1. The highest BCUT2D eigenvalue weighted by molar-refractivity contribution is 8.13. The quantitative estimate of drug-likeness (QED) is 0.911. The highest BCUT2D eigenvalue weighted by Crippen LogP contribution is 2.36. The lowest BCUT2D eigenvalue weighted by atomic mass is 10.1. The van der Waals surface area contributed by atoms with Crippen molar-refractivity contribution in [2.45, 2.75) is 11.8 Å². The molecule has 0 aliphatic heterocycles. The molecule has 2 aromatic rings. The third kappa shape index (κ3) is 3.89. The molecule has 100 valence electrons. The summed E-state index contributed by atoms with van der Waals surface area (Å²) >= 11 is 12.8.